The summed E-state index contributed by atoms with van der Waals surface area (Å²) in [6.45, 7) is 2.53. The lowest BCUT2D eigenvalue weighted by atomic mass is 10.1. The summed E-state index contributed by atoms with van der Waals surface area (Å²) in [5, 5.41) is 1.62. The van der Waals surface area contributed by atoms with Crippen LogP contribution in [0, 0.1) is 24.4 Å². The second kappa shape index (κ2) is 7.56. The van der Waals surface area contributed by atoms with Crippen molar-refractivity contribution in [3.8, 4) is 10.6 Å². The number of likely N-dealkylation sites (tertiary alicyclic amines) is 1. The molecule has 0 radical (unpaired) electrons. The van der Waals surface area contributed by atoms with Gasteiger partial charge in [-0.15, -0.1) is 11.3 Å². The Hall–Kier alpha value is -1.89. The molecule has 2 heterocycles. The molecule has 0 atom stereocenters. The van der Waals surface area contributed by atoms with Crippen LogP contribution in [-0.2, 0) is 0 Å². The molecule has 134 valence electrons. The summed E-state index contributed by atoms with van der Waals surface area (Å²) in [7, 11) is 0. The minimum absolute atomic E-state index is 0.102. The zero-order valence-corrected chi connectivity index (χ0v) is 14.8. The Kier molecular flexibility index (Phi) is 5.42. The first-order chi connectivity index (χ1) is 12.0. The Bertz CT molecular complexity index is 783. The molecule has 7 heteroatoms. The number of amides is 1. The third-order valence-corrected chi connectivity index (χ3v) is 5.36. The third-order valence-electron chi connectivity index (χ3n) is 4.48. The predicted molar refractivity (Wildman–Crippen MR) is 91.1 cm³/mol. The van der Waals surface area contributed by atoms with Crippen molar-refractivity contribution in [2.45, 2.75) is 39.0 Å². The number of carbonyl (C=O) groups is 1. The molecule has 0 spiro atoms. The van der Waals surface area contributed by atoms with Crippen LogP contribution in [0.1, 0.15) is 48.2 Å². The number of hydrogen-bond donors (Lipinski definition) is 0. The van der Waals surface area contributed by atoms with Crippen LogP contribution in [0.5, 0.6) is 0 Å². The van der Waals surface area contributed by atoms with Gasteiger partial charge in [-0.25, -0.2) is 18.2 Å². The summed E-state index contributed by atoms with van der Waals surface area (Å²) in [5.74, 6) is -3.40. The molecule has 0 aliphatic carbocycles. The smallest absolute Gasteiger partial charge is 0.273 e. The molecule has 2 aromatic rings. The molecule has 25 heavy (non-hydrogen) atoms. The quantitative estimate of drug-likeness (QED) is 0.703. The first-order valence-electron chi connectivity index (χ1n) is 8.38. The zero-order valence-electron chi connectivity index (χ0n) is 13.9. The maximum absolute atomic E-state index is 14.1. The molecule has 1 amide bonds. The van der Waals surface area contributed by atoms with Gasteiger partial charge in [-0.1, -0.05) is 19.3 Å². The van der Waals surface area contributed by atoms with Crippen molar-refractivity contribution >= 4 is 17.2 Å². The summed E-state index contributed by atoms with van der Waals surface area (Å²) < 4.78 is 41.6. The number of halogens is 3. The van der Waals surface area contributed by atoms with Crippen molar-refractivity contribution in [1.29, 1.82) is 0 Å². The minimum Gasteiger partial charge on any atom is -0.337 e. The van der Waals surface area contributed by atoms with E-state index < -0.39 is 17.5 Å². The fourth-order valence-electron chi connectivity index (χ4n) is 2.95. The highest BCUT2D eigenvalue weighted by atomic mass is 32.1. The molecule has 1 saturated heterocycles. The molecule has 1 aliphatic heterocycles. The van der Waals surface area contributed by atoms with Crippen LogP contribution in [-0.4, -0.2) is 28.9 Å². The van der Waals surface area contributed by atoms with Crippen molar-refractivity contribution in [1.82, 2.24) is 9.88 Å². The van der Waals surface area contributed by atoms with Crippen molar-refractivity contribution in [2.75, 3.05) is 13.1 Å². The fourth-order valence-corrected chi connectivity index (χ4v) is 3.75. The van der Waals surface area contributed by atoms with Gasteiger partial charge in [-0.2, -0.15) is 0 Å². The molecule has 1 aliphatic rings. The van der Waals surface area contributed by atoms with E-state index in [2.05, 4.69) is 4.98 Å². The summed E-state index contributed by atoms with van der Waals surface area (Å²) in [4.78, 5) is 18.5. The number of nitrogens with zero attached hydrogens (tertiary/aromatic N) is 2. The minimum atomic E-state index is -1.22. The average molecular weight is 368 g/mol. The number of rotatable bonds is 2. The number of benzene rings is 1. The van der Waals surface area contributed by atoms with Gasteiger partial charge in [0.1, 0.15) is 16.5 Å². The van der Waals surface area contributed by atoms with Crippen molar-refractivity contribution in [3.05, 3.63) is 40.2 Å². The van der Waals surface area contributed by atoms with E-state index in [1.54, 1.807) is 4.90 Å². The number of aromatic nitrogens is 1. The van der Waals surface area contributed by atoms with Crippen LogP contribution in [0.15, 0.2) is 11.4 Å². The average Bonchev–Trinajstić information content (AvgIpc) is 3.05. The lowest BCUT2D eigenvalue weighted by Gasteiger charge is -2.23. The van der Waals surface area contributed by atoms with Gasteiger partial charge in [0.2, 0.25) is 0 Å². The molecule has 0 saturated carbocycles. The molecular weight excluding hydrogens is 349 g/mol. The van der Waals surface area contributed by atoms with E-state index in [1.807, 2.05) is 0 Å². The van der Waals surface area contributed by atoms with Crippen molar-refractivity contribution < 1.29 is 18.0 Å². The summed E-state index contributed by atoms with van der Waals surface area (Å²) in [5.41, 5.74) is -0.423. The van der Waals surface area contributed by atoms with Crippen LogP contribution in [0.2, 0.25) is 0 Å². The largest absolute Gasteiger partial charge is 0.337 e. The van der Waals surface area contributed by atoms with E-state index in [-0.39, 0.29) is 27.7 Å². The Morgan fingerprint density at radius 3 is 2.40 bits per heavy atom. The van der Waals surface area contributed by atoms with E-state index in [0.717, 1.165) is 43.1 Å². The normalized spacial score (nSPS) is 15.8. The first kappa shape index (κ1) is 17.9. The van der Waals surface area contributed by atoms with Gasteiger partial charge < -0.3 is 4.90 Å². The van der Waals surface area contributed by atoms with Crippen molar-refractivity contribution in [2.24, 2.45) is 0 Å². The Morgan fingerprint density at radius 1 is 1.08 bits per heavy atom. The highest BCUT2D eigenvalue weighted by Crippen LogP contribution is 2.31. The third kappa shape index (κ3) is 3.71. The maximum atomic E-state index is 14.1. The molecule has 3 rings (SSSR count). The van der Waals surface area contributed by atoms with Crippen LogP contribution in [0.3, 0.4) is 0 Å². The molecule has 0 unspecified atom stereocenters. The highest BCUT2D eigenvalue weighted by molar-refractivity contribution is 7.13. The van der Waals surface area contributed by atoms with E-state index >= 15 is 0 Å². The van der Waals surface area contributed by atoms with Gasteiger partial charge in [0.25, 0.3) is 5.91 Å². The molecule has 0 N–H and O–H groups in total. The van der Waals surface area contributed by atoms with Crippen LogP contribution < -0.4 is 0 Å². The van der Waals surface area contributed by atoms with Crippen LogP contribution in [0.4, 0.5) is 13.2 Å². The maximum Gasteiger partial charge on any atom is 0.273 e. The van der Waals surface area contributed by atoms with E-state index in [0.29, 0.717) is 13.1 Å². The second-order valence-corrected chi connectivity index (χ2v) is 7.11. The summed E-state index contributed by atoms with van der Waals surface area (Å²) in [6, 6.07) is 0.928. The molecular formula is C18H19F3N2OS. The molecule has 1 aromatic heterocycles. The van der Waals surface area contributed by atoms with Gasteiger partial charge in [0.15, 0.2) is 11.6 Å². The van der Waals surface area contributed by atoms with Gasteiger partial charge in [0.05, 0.1) is 5.56 Å². The fraction of sp³-hybridized carbons (Fsp3) is 0.444. The Morgan fingerprint density at radius 2 is 1.72 bits per heavy atom. The van der Waals surface area contributed by atoms with Gasteiger partial charge >= 0.3 is 0 Å². The van der Waals surface area contributed by atoms with Crippen LogP contribution in [0.25, 0.3) is 10.6 Å². The van der Waals surface area contributed by atoms with Crippen molar-refractivity contribution in [3.63, 3.8) is 0 Å². The van der Waals surface area contributed by atoms with E-state index in [4.69, 9.17) is 0 Å². The Balaban J connectivity index is 1.86. The number of thiazole rings is 1. The Labute approximate surface area is 148 Å². The molecule has 1 aromatic carbocycles. The summed E-state index contributed by atoms with van der Waals surface area (Å²) >= 11 is 1.01. The topological polar surface area (TPSA) is 33.2 Å². The second-order valence-electron chi connectivity index (χ2n) is 6.26. The van der Waals surface area contributed by atoms with Gasteiger partial charge in [-0.05, 0) is 25.8 Å². The molecule has 0 bridgehead atoms. The first-order valence-corrected chi connectivity index (χ1v) is 9.26. The standard InChI is InChI=1S/C18H19F3N2OS/c1-11-13(19)9-12(16(21)15(11)20)17-22-14(10-25-17)18(24)23-7-5-3-2-4-6-8-23/h9-10H,2-8H2,1H3. The summed E-state index contributed by atoms with van der Waals surface area (Å²) in [6.07, 6.45) is 5.28. The highest BCUT2D eigenvalue weighted by Gasteiger charge is 2.23. The number of carbonyl (C=O) groups excluding carboxylic acids is 1. The van der Waals surface area contributed by atoms with Gasteiger partial charge in [-0.3, -0.25) is 4.79 Å². The van der Waals surface area contributed by atoms with E-state index in [1.165, 1.54) is 18.7 Å². The monoisotopic (exact) mass is 368 g/mol. The van der Waals surface area contributed by atoms with Gasteiger partial charge in [0, 0.05) is 24.0 Å². The molecule has 1 fully saturated rings. The number of hydrogen-bond acceptors (Lipinski definition) is 3. The lowest BCUT2D eigenvalue weighted by molar-refractivity contribution is 0.0737. The van der Waals surface area contributed by atoms with Crippen LogP contribution >= 0.6 is 11.3 Å². The zero-order chi connectivity index (χ0) is 18.0. The molecule has 3 nitrogen and oxygen atoms in total. The lowest BCUT2D eigenvalue weighted by Crippen LogP contribution is -2.34. The van der Waals surface area contributed by atoms with E-state index in [9.17, 15) is 18.0 Å². The predicted octanol–water partition coefficient (Wildman–Crippen LogP) is 4.94. The SMILES string of the molecule is Cc1c(F)cc(-c2nc(C(=O)N3CCCCCCC3)cs2)c(F)c1F.